The highest BCUT2D eigenvalue weighted by Crippen LogP contribution is 2.22. The molecule has 1 atom stereocenters. The molecule has 2 heterocycles. The van der Waals surface area contributed by atoms with E-state index in [1.807, 2.05) is 0 Å². The molecule has 1 N–H and O–H groups in total. The third kappa shape index (κ3) is 4.06. The van der Waals surface area contributed by atoms with Gasteiger partial charge in [0.2, 0.25) is 0 Å². The zero-order chi connectivity index (χ0) is 15.5. The van der Waals surface area contributed by atoms with E-state index in [9.17, 15) is 13.2 Å². The van der Waals surface area contributed by atoms with Gasteiger partial charge in [-0.1, -0.05) is 11.8 Å². The lowest BCUT2D eigenvalue weighted by atomic mass is 10.2. The van der Waals surface area contributed by atoms with Gasteiger partial charge in [-0.25, -0.2) is 8.42 Å². The van der Waals surface area contributed by atoms with E-state index < -0.39 is 9.84 Å². The number of aliphatic hydroxyl groups excluding tert-OH is 1. The maximum absolute atomic E-state index is 12.3. The molecule has 0 spiro atoms. The van der Waals surface area contributed by atoms with Crippen molar-refractivity contribution in [2.75, 3.05) is 25.2 Å². The molecule has 1 aromatic heterocycles. The summed E-state index contributed by atoms with van der Waals surface area (Å²) in [4.78, 5) is 15.2. The van der Waals surface area contributed by atoms with Crippen molar-refractivity contribution in [3.63, 3.8) is 0 Å². The molecule has 1 aromatic rings. The number of nitrogens with zero attached hydrogens (tertiary/aromatic N) is 1. The first-order chi connectivity index (χ1) is 9.93. The van der Waals surface area contributed by atoms with E-state index in [1.54, 1.807) is 19.2 Å². The second kappa shape index (κ2) is 6.60. The molecule has 0 aliphatic carbocycles. The largest absolute Gasteiger partial charge is 0.395 e. The number of sulfone groups is 1. The summed E-state index contributed by atoms with van der Waals surface area (Å²) in [5.41, 5.74) is 0. The number of carbonyl (C=O) groups is 1. The molecule has 0 radical (unpaired) electrons. The Kier molecular flexibility index (Phi) is 5.04. The van der Waals surface area contributed by atoms with Crippen LogP contribution in [0.5, 0.6) is 0 Å². The Morgan fingerprint density at radius 1 is 1.52 bits per heavy atom. The summed E-state index contributed by atoms with van der Waals surface area (Å²) in [7, 11) is -1.36. The molecule has 7 heteroatoms. The van der Waals surface area contributed by atoms with Crippen LogP contribution in [0.3, 0.4) is 0 Å². The average molecular weight is 327 g/mol. The fourth-order valence-corrected chi connectivity index (χ4v) is 4.78. The second-order valence-corrected chi connectivity index (χ2v) is 8.22. The molecular weight excluding hydrogens is 310 g/mol. The predicted molar refractivity (Wildman–Crippen MR) is 82.1 cm³/mol. The van der Waals surface area contributed by atoms with Crippen LogP contribution in [0.1, 0.15) is 27.4 Å². The molecule has 1 saturated heterocycles. The smallest absolute Gasteiger partial charge is 0.263 e. The van der Waals surface area contributed by atoms with Crippen molar-refractivity contribution in [1.29, 1.82) is 0 Å². The van der Waals surface area contributed by atoms with E-state index in [-0.39, 0.29) is 30.1 Å². The molecule has 1 unspecified atom stereocenters. The average Bonchev–Trinajstić information content (AvgIpc) is 3.04. The Balaban J connectivity index is 2.05. The Bertz CT molecular complexity index is 681. The zero-order valence-corrected chi connectivity index (χ0v) is 13.3. The summed E-state index contributed by atoms with van der Waals surface area (Å²) in [6.07, 6.45) is 0.903. The molecule has 114 valence electrons. The van der Waals surface area contributed by atoms with Gasteiger partial charge in [-0.3, -0.25) is 4.79 Å². The number of hydrogen-bond acceptors (Lipinski definition) is 5. The fraction of sp³-hybridized carbons (Fsp3) is 0.500. The number of aliphatic hydroxyl groups is 1. The van der Waals surface area contributed by atoms with Crippen molar-refractivity contribution >= 4 is 27.1 Å². The molecule has 0 bridgehead atoms. The lowest BCUT2D eigenvalue weighted by Crippen LogP contribution is -2.37. The van der Waals surface area contributed by atoms with Crippen LogP contribution >= 0.6 is 11.3 Å². The minimum Gasteiger partial charge on any atom is -0.395 e. The van der Waals surface area contributed by atoms with Crippen molar-refractivity contribution in [3.05, 3.63) is 21.9 Å². The first-order valence-electron chi connectivity index (χ1n) is 6.60. The molecule has 5 nitrogen and oxygen atoms in total. The molecule has 0 aromatic carbocycles. The predicted octanol–water partition coefficient (Wildman–Crippen LogP) is 0.741. The summed E-state index contributed by atoms with van der Waals surface area (Å²) in [5, 5.41) is 8.67. The Morgan fingerprint density at radius 2 is 2.29 bits per heavy atom. The van der Waals surface area contributed by atoms with E-state index in [2.05, 4.69) is 11.8 Å². The number of hydrogen-bond donors (Lipinski definition) is 1. The van der Waals surface area contributed by atoms with E-state index in [0.29, 0.717) is 17.7 Å². The van der Waals surface area contributed by atoms with Crippen LogP contribution in [0.15, 0.2) is 12.1 Å². The molecular formula is C14H17NO4S2. The van der Waals surface area contributed by atoms with Gasteiger partial charge < -0.3 is 10.0 Å². The maximum atomic E-state index is 12.3. The quantitative estimate of drug-likeness (QED) is 0.831. The summed E-state index contributed by atoms with van der Waals surface area (Å²) < 4.78 is 23.0. The molecule has 1 amide bonds. The highest BCUT2D eigenvalue weighted by atomic mass is 32.2. The van der Waals surface area contributed by atoms with Gasteiger partial charge in [0.1, 0.15) is 0 Å². The van der Waals surface area contributed by atoms with Crippen LogP contribution < -0.4 is 0 Å². The third-order valence-corrected chi connectivity index (χ3v) is 6.08. The SMILES string of the molecule is CN(C(=O)c1ccc(C#CCCO)s1)C1CCS(=O)(=O)C1. The van der Waals surface area contributed by atoms with Crippen molar-refractivity contribution in [3.8, 4) is 11.8 Å². The molecule has 2 rings (SSSR count). The highest BCUT2D eigenvalue weighted by Gasteiger charge is 2.33. The van der Waals surface area contributed by atoms with Gasteiger partial charge in [-0.2, -0.15) is 0 Å². The fourth-order valence-electron chi connectivity index (χ4n) is 2.15. The van der Waals surface area contributed by atoms with Crippen LogP contribution in [-0.4, -0.2) is 55.5 Å². The van der Waals surface area contributed by atoms with E-state index in [4.69, 9.17) is 5.11 Å². The third-order valence-electron chi connectivity index (χ3n) is 3.34. The summed E-state index contributed by atoms with van der Waals surface area (Å²) in [5.74, 6) is 5.72. The number of thiophene rings is 1. The first kappa shape index (κ1) is 16.0. The normalized spacial score (nSPS) is 19.8. The second-order valence-electron chi connectivity index (χ2n) is 4.91. The highest BCUT2D eigenvalue weighted by molar-refractivity contribution is 7.91. The number of carbonyl (C=O) groups excluding carboxylic acids is 1. The van der Waals surface area contributed by atoms with Gasteiger partial charge in [0, 0.05) is 19.5 Å². The summed E-state index contributed by atoms with van der Waals surface area (Å²) in [6.45, 7) is 0.0169. The minimum absolute atomic E-state index is 0.0169. The molecule has 0 saturated carbocycles. The van der Waals surface area contributed by atoms with Gasteiger partial charge in [0.25, 0.3) is 5.91 Å². The van der Waals surface area contributed by atoms with Crippen molar-refractivity contribution in [1.82, 2.24) is 4.90 Å². The van der Waals surface area contributed by atoms with Gasteiger partial charge in [0.15, 0.2) is 9.84 Å². The Hall–Kier alpha value is -1.36. The monoisotopic (exact) mass is 327 g/mol. The van der Waals surface area contributed by atoms with Crippen molar-refractivity contribution in [2.24, 2.45) is 0 Å². The van der Waals surface area contributed by atoms with Gasteiger partial charge in [-0.15, -0.1) is 11.3 Å². The zero-order valence-electron chi connectivity index (χ0n) is 11.7. The van der Waals surface area contributed by atoms with Crippen LogP contribution in [-0.2, 0) is 9.84 Å². The Morgan fingerprint density at radius 3 is 2.90 bits per heavy atom. The molecule has 21 heavy (non-hydrogen) atoms. The molecule has 1 aliphatic heterocycles. The number of rotatable bonds is 3. The first-order valence-corrected chi connectivity index (χ1v) is 9.24. The lowest BCUT2D eigenvalue weighted by Gasteiger charge is -2.22. The Labute approximate surface area is 128 Å². The van der Waals surface area contributed by atoms with E-state index in [1.165, 1.54) is 16.2 Å². The van der Waals surface area contributed by atoms with E-state index in [0.717, 1.165) is 4.88 Å². The lowest BCUT2D eigenvalue weighted by molar-refractivity contribution is 0.0752. The van der Waals surface area contributed by atoms with Crippen LogP contribution in [0.25, 0.3) is 0 Å². The van der Waals surface area contributed by atoms with E-state index >= 15 is 0 Å². The molecule has 1 aliphatic rings. The maximum Gasteiger partial charge on any atom is 0.263 e. The van der Waals surface area contributed by atoms with Crippen molar-refractivity contribution < 1.29 is 18.3 Å². The van der Waals surface area contributed by atoms with Crippen LogP contribution in [0.2, 0.25) is 0 Å². The minimum atomic E-state index is -3.00. The van der Waals surface area contributed by atoms with Crippen LogP contribution in [0.4, 0.5) is 0 Å². The van der Waals surface area contributed by atoms with Gasteiger partial charge in [-0.05, 0) is 18.6 Å². The molecule has 1 fully saturated rings. The summed E-state index contributed by atoms with van der Waals surface area (Å²) >= 11 is 1.28. The van der Waals surface area contributed by atoms with Crippen LogP contribution in [0, 0.1) is 11.8 Å². The standard InChI is InChI=1S/C14H17NO4S2/c1-15(11-7-9-21(18,19)10-11)14(17)13-6-5-12(20-13)4-2-3-8-16/h5-6,11,16H,3,7-10H2,1H3. The topological polar surface area (TPSA) is 74.7 Å². The summed E-state index contributed by atoms with van der Waals surface area (Å²) in [6, 6.07) is 3.23. The van der Waals surface area contributed by atoms with Gasteiger partial charge in [0.05, 0.1) is 27.9 Å². The number of amides is 1. The van der Waals surface area contributed by atoms with Crippen molar-refractivity contribution in [2.45, 2.75) is 18.9 Å². The van der Waals surface area contributed by atoms with Gasteiger partial charge >= 0.3 is 0 Å².